The van der Waals surface area contributed by atoms with E-state index in [1.165, 1.54) is 19.4 Å². The molecule has 0 aromatic rings. The van der Waals surface area contributed by atoms with E-state index in [4.69, 9.17) is 5.11 Å². The number of carboxylic acid groups (broad SMARTS) is 1. The summed E-state index contributed by atoms with van der Waals surface area (Å²) < 4.78 is 223. The van der Waals surface area contributed by atoms with Gasteiger partial charge in [0.25, 0.3) is 0 Å². The molecule has 0 saturated heterocycles. The molecule has 38 heavy (non-hydrogen) atoms. The molecule has 1 amide bonds. The van der Waals surface area contributed by atoms with E-state index in [0.29, 0.717) is 0 Å². The van der Waals surface area contributed by atoms with Gasteiger partial charge in [-0.3, -0.25) is 4.79 Å². The van der Waals surface area contributed by atoms with Crippen LogP contribution in [0.15, 0.2) is 0 Å². The maximum Gasteiger partial charge on any atom is 0.460 e. The first-order chi connectivity index (χ1) is 16.3. The van der Waals surface area contributed by atoms with Gasteiger partial charge in [-0.05, 0) is 0 Å². The summed E-state index contributed by atoms with van der Waals surface area (Å²) in [4.78, 5) is 22.0. The highest BCUT2D eigenvalue weighted by Gasteiger charge is 2.95. The number of hydrogen-bond donors (Lipinski definition) is 2. The van der Waals surface area contributed by atoms with E-state index in [2.05, 4.69) is 0 Å². The number of rotatable bonds is 13. The van der Waals surface area contributed by atoms with E-state index in [0.717, 1.165) is 0 Å². The molecule has 0 rings (SSSR count). The summed E-state index contributed by atoms with van der Waals surface area (Å²) in [6, 6.07) is 0. The van der Waals surface area contributed by atoms with Crippen LogP contribution in [0.2, 0.25) is 0 Å². The summed E-state index contributed by atoms with van der Waals surface area (Å²) in [5, 5.41) is 9.95. The maximum absolute atomic E-state index is 13.8. The highest BCUT2D eigenvalue weighted by molar-refractivity contribution is 5.77. The number of carbonyl (C=O) groups excluding carboxylic acids is 1. The third-order valence-corrected chi connectivity index (χ3v) is 4.77. The second-order valence-electron chi connectivity index (χ2n) is 8.39. The summed E-state index contributed by atoms with van der Waals surface area (Å²) in [7, 11) is 2.34. The van der Waals surface area contributed by atoms with Gasteiger partial charge >= 0.3 is 53.6 Å². The minimum absolute atomic E-state index is 0.469. The standard InChI is InChI=1S/C16H15F17N2O3/c1-35(2,6-8(37)38)4-3-34-7(36)5-9(17,18)10(19,20)11(21,22)12(23,24)13(25,26)14(27,28)15(29,30)16(31,32)33/h3-6H2,1-2H3,(H-,34,36,37,38)/p+1. The van der Waals surface area contributed by atoms with Crippen LogP contribution >= 0.6 is 0 Å². The number of nitrogens with one attached hydrogen (secondary N) is 1. The summed E-state index contributed by atoms with van der Waals surface area (Å²) in [5.41, 5.74) is 0. The van der Waals surface area contributed by atoms with Gasteiger partial charge in [-0.2, -0.15) is 74.6 Å². The van der Waals surface area contributed by atoms with Crippen molar-refractivity contribution in [3.8, 4) is 0 Å². The quantitative estimate of drug-likeness (QED) is 0.237. The van der Waals surface area contributed by atoms with Gasteiger partial charge in [0.15, 0.2) is 6.54 Å². The Hall–Kier alpha value is -2.29. The van der Waals surface area contributed by atoms with Crippen molar-refractivity contribution in [3.63, 3.8) is 0 Å². The summed E-state index contributed by atoms with van der Waals surface area (Å²) in [6.45, 7) is -2.00. The Morgan fingerprint density at radius 2 is 0.974 bits per heavy atom. The SMILES string of the molecule is C[N+](C)(CCNC(=O)CC(F)(F)C(F)(F)C(F)(F)C(F)(F)C(F)(F)C(F)(F)C(F)(F)C(F)(F)F)CC(=O)O. The monoisotopic (exact) mass is 607 g/mol. The van der Waals surface area contributed by atoms with Crippen molar-refractivity contribution >= 4 is 11.9 Å². The largest absolute Gasteiger partial charge is 0.477 e. The lowest BCUT2D eigenvalue weighted by Crippen LogP contribution is -2.74. The highest BCUT2D eigenvalue weighted by atomic mass is 19.4. The molecule has 226 valence electrons. The van der Waals surface area contributed by atoms with Crippen molar-refractivity contribution < 1.29 is 93.8 Å². The van der Waals surface area contributed by atoms with Gasteiger partial charge in [-0.1, -0.05) is 0 Å². The van der Waals surface area contributed by atoms with E-state index in [1.807, 2.05) is 0 Å². The fraction of sp³-hybridized carbons (Fsp3) is 0.875. The number of nitrogens with zero attached hydrogens (tertiary/aromatic N) is 1. The van der Waals surface area contributed by atoms with Crippen LogP contribution in [0, 0.1) is 0 Å². The molecule has 0 bridgehead atoms. The van der Waals surface area contributed by atoms with Gasteiger partial charge in [0.05, 0.1) is 33.6 Å². The van der Waals surface area contributed by atoms with E-state index >= 15 is 0 Å². The molecule has 0 heterocycles. The maximum atomic E-state index is 13.8. The first kappa shape index (κ1) is 35.7. The van der Waals surface area contributed by atoms with Crippen LogP contribution in [0.25, 0.3) is 0 Å². The Balaban J connectivity index is 6.12. The zero-order valence-electron chi connectivity index (χ0n) is 18.5. The average molecular weight is 607 g/mol. The van der Waals surface area contributed by atoms with Gasteiger partial charge in [-0.15, -0.1) is 0 Å². The Bertz CT molecular complexity index is 883. The van der Waals surface area contributed by atoms with Gasteiger partial charge < -0.3 is 14.9 Å². The van der Waals surface area contributed by atoms with E-state index in [1.54, 1.807) is 0 Å². The zero-order valence-corrected chi connectivity index (χ0v) is 18.5. The number of carbonyl (C=O) groups is 2. The second kappa shape index (κ2) is 10.0. The van der Waals surface area contributed by atoms with Crippen LogP contribution in [-0.2, 0) is 9.59 Å². The molecule has 0 radical (unpaired) electrons. The Morgan fingerprint density at radius 3 is 1.32 bits per heavy atom. The van der Waals surface area contributed by atoms with Crippen LogP contribution < -0.4 is 5.32 Å². The molecular weight excluding hydrogens is 591 g/mol. The van der Waals surface area contributed by atoms with Crippen molar-refractivity contribution in [1.82, 2.24) is 5.32 Å². The van der Waals surface area contributed by atoms with Crippen LogP contribution in [0.5, 0.6) is 0 Å². The second-order valence-corrected chi connectivity index (χ2v) is 8.39. The Morgan fingerprint density at radius 1 is 0.632 bits per heavy atom. The molecule has 2 N–H and O–H groups in total. The third kappa shape index (κ3) is 5.97. The predicted octanol–water partition coefficient (Wildman–Crippen LogP) is 4.66. The molecule has 0 atom stereocenters. The zero-order chi connectivity index (χ0) is 31.2. The lowest BCUT2D eigenvalue weighted by Gasteiger charge is -2.42. The molecule has 0 saturated carbocycles. The molecule has 0 aliphatic rings. The molecule has 0 spiro atoms. The van der Waals surface area contributed by atoms with Crippen LogP contribution in [0.4, 0.5) is 74.6 Å². The summed E-state index contributed by atoms with van der Waals surface area (Å²) in [6.07, 6.45) is -11.1. The van der Waals surface area contributed by atoms with Crippen LogP contribution in [0.3, 0.4) is 0 Å². The Kier molecular flexibility index (Phi) is 9.43. The number of quaternary nitrogens is 1. The average Bonchev–Trinajstić information content (AvgIpc) is 2.64. The normalized spacial score (nSPS) is 15.4. The lowest BCUT2D eigenvalue weighted by molar-refractivity contribution is -0.881. The molecule has 0 aromatic heterocycles. The van der Waals surface area contributed by atoms with Crippen molar-refractivity contribution in [1.29, 1.82) is 0 Å². The van der Waals surface area contributed by atoms with Crippen molar-refractivity contribution in [3.05, 3.63) is 0 Å². The fourth-order valence-corrected chi connectivity index (χ4v) is 2.51. The van der Waals surface area contributed by atoms with E-state index < -0.39 is 90.0 Å². The number of likely N-dealkylation sites (N-methyl/N-ethyl adjacent to an activating group) is 1. The van der Waals surface area contributed by atoms with Gasteiger partial charge in [0.2, 0.25) is 5.91 Å². The van der Waals surface area contributed by atoms with Gasteiger partial charge in [0.1, 0.15) is 0 Å². The molecule has 0 unspecified atom stereocenters. The van der Waals surface area contributed by atoms with E-state index in [-0.39, 0.29) is 0 Å². The minimum atomic E-state index is -8.74. The van der Waals surface area contributed by atoms with E-state index in [9.17, 15) is 84.2 Å². The number of amides is 1. The number of hydrogen-bond acceptors (Lipinski definition) is 2. The summed E-state index contributed by atoms with van der Waals surface area (Å²) >= 11 is 0. The molecule has 0 fully saturated rings. The molecule has 22 heteroatoms. The molecule has 0 aromatic carbocycles. The number of alkyl halides is 17. The molecule has 0 aliphatic heterocycles. The number of halogens is 17. The molecule has 0 aliphatic carbocycles. The number of carboxylic acids is 1. The van der Waals surface area contributed by atoms with Crippen molar-refractivity contribution in [2.45, 2.75) is 54.1 Å². The highest BCUT2D eigenvalue weighted by Crippen LogP contribution is 2.64. The summed E-state index contributed by atoms with van der Waals surface area (Å²) in [5.74, 6) is -61.3. The Labute approximate surface area is 200 Å². The fourth-order valence-electron chi connectivity index (χ4n) is 2.51. The van der Waals surface area contributed by atoms with Crippen LogP contribution in [0.1, 0.15) is 6.42 Å². The first-order valence-corrected chi connectivity index (χ1v) is 9.29. The third-order valence-electron chi connectivity index (χ3n) is 4.77. The first-order valence-electron chi connectivity index (χ1n) is 9.29. The van der Waals surface area contributed by atoms with Crippen LogP contribution in [-0.4, -0.2) is 103 Å². The minimum Gasteiger partial charge on any atom is -0.477 e. The predicted molar refractivity (Wildman–Crippen MR) is 87.8 cm³/mol. The number of aliphatic carboxylic acids is 1. The van der Waals surface area contributed by atoms with Crippen molar-refractivity contribution in [2.75, 3.05) is 33.7 Å². The molecule has 5 nitrogen and oxygen atoms in total. The topological polar surface area (TPSA) is 66.4 Å². The lowest BCUT2D eigenvalue weighted by atomic mass is 9.88. The van der Waals surface area contributed by atoms with Crippen molar-refractivity contribution in [2.24, 2.45) is 0 Å². The van der Waals surface area contributed by atoms with Gasteiger partial charge in [-0.25, -0.2) is 4.79 Å². The smallest absolute Gasteiger partial charge is 0.460 e. The van der Waals surface area contributed by atoms with Gasteiger partial charge in [0, 0.05) is 0 Å². The molecular formula is C16H16F17N2O3+.